The lowest BCUT2D eigenvalue weighted by atomic mass is 10.1. The summed E-state index contributed by atoms with van der Waals surface area (Å²) in [7, 11) is 0. The third-order valence-corrected chi connectivity index (χ3v) is 7.33. The van der Waals surface area contributed by atoms with Crippen LogP contribution in [-0.2, 0) is 9.59 Å². The van der Waals surface area contributed by atoms with Crippen molar-refractivity contribution in [3.63, 3.8) is 0 Å². The van der Waals surface area contributed by atoms with Gasteiger partial charge in [0.05, 0.1) is 5.69 Å². The molecule has 2 aliphatic heterocycles. The highest BCUT2D eigenvalue weighted by Crippen LogP contribution is 2.34. The minimum absolute atomic E-state index is 0.0490. The zero-order valence-corrected chi connectivity index (χ0v) is 21.6. The Morgan fingerprint density at radius 3 is 2.27 bits per heavy atom. The van der Waals surface area contributed by atoms with Gasteiger partial charge in [0.2, 0.25) is 0 Å². The quantitative estimate of drug-likeness (QED) is 0.464. The zero-order chi connectivity index (χ0) is 26.1. The van der Waals surface area contributed by atoms with E-state index in [2.05, 4.69) is 22.3 Å². The first kappa shape index (κ1) is 24.9. The van der Waals surface area contributed by atoms with Gasteiger partial charge in [-0.1, -0.05) is 53.5 Å². The van der Waals surface area contributed by atoms with Crippen LogP contribution < -0.4 is 15.1 Å². The van der Waals surface area contributed by atoms with Gasteiger partial charge in [-0.25, -0.2) is 4.90 Å². The van der Waals surface area contributed by atoms with Crippen molar-refractivity contribution in [2.75, 3.05) is 41.3 Å². The van der Waals surface area contributed by atoms with Gasteiger partial charge in [0.15, 0.2) is 0 Å². The Labute approximate surface area is 224 Å². The van der Waals surface area contributed by atoms with Gasteiger partial charge >= 0.3 is 0 Å². The molecule has 3 amide bonds. The SMILES string of the molecule is Cc1c(Cl)cccc1N1C(=O)C(Cl)=C(Nc2cccc(C(=O)N3CCN(c4ccccc4)CC3)c2)C1=O. The average molecular weight is 535 g/mol. The van der Waals surface area contributed by atoms with Crippen LogP contribution in [0, 0.1) is 6.92 Å². The fourth-order valence-corrected chi connectivity index (χ4v) is 4.91. The molecule has 9 heteroatoms. The van der Waals surface area contributed by atoms with E-state index in [4.69, 9.17) is 23.2 Å². The molecule has 0 radical (unpaired) electrons. The van der Waals surface area contributed by atoms with Crippen LogP contribution in [0.15, 0.2) is 83.5 Å². The van der Waals surface area contributed by atoms with Crippen LogP contribution in [0.3, 0.4) is 0 Å². The van der Waals surface area contributed by atoms with Crippen LogP contribution in [0.1, 0.15) is 15.9 Å². The van der Waals surface area contributed by atoms with Crippen LogP contribution in [0.25, 0.3) is 0 Å². The number of nitrogens with zero attached hydrogens (tertiary/aromatic N) is 3. The van der Waals surface area contributed by atoms with Crippen molar-refractivity contribution in [2.45, 2.75) is 6.92 Å². The minimum Gasteiger partial charge on any atom is -0.368 e. The topological polar surface area (TPSA) is 73.0 Å². The van der Waals surface area contributed by atoms with Gasteiger partial charge in [-0.3, -0.25) is 14.4 Å². The summed E-state index contributed by atoms with van der Waals surface area (Å²) >= 11 is 12.5. The summed E-state index contributed by atoms with van der Waals surface area (Å²) in [5.41, 5.74) is 3.02. The van der Waals surface area contributed by atoms with Gasteiger partial charge < -0.3 is 15.1 Å². The van der Waals surface area contributed by atoms with E-state index in [0.29, 0.717) is 40.6 Å². The summed E-state index contributed by atoms with van der Waals surface area (Å²) in [5, 5.41) is 3.17. The van der Waals surface area contributed by atoms with Gasteiger partial charge in [-0.15, -0.1) is 0 Å². The smallest absolute Gasteiger partial charge is 0.283 e. The summed E-state index contributed by atoms with van der Waals surface area (Å²) in [5.74, 6) is -1.32. The molecule has 0 aliphatic carbocycles. The minimum atomic E-state index is -0.636. The van der Waals surface area contributed by atoms with Gasteiger partial charge in [-0.2, -0.15) is 0 Å². The number of hydrogen-bond donors (Lipinski definition) is 1. The Hall–Kier alpha value is -3.81. The maximum atomic E-state index is 13.2. The van der Waals surface area contributed by atoms with Crippen molar-refractivity contribution in [3.05, 3.63) is 99.7 Å². The number of para-hydroxylation sites is 1. The Kier molecular flexibility index (Phi) is 6.91. The van der Waals surface area contributed by atoms with Crippen molar-refractivity contribution in [1.82, 2.24) is 4.90 Å². The maximum Gasteiger partial charge on any atom is 0.283 e. The molecule has 3 aromatic rings. The summed E-state index contributed by atoms with van der Waals surface area (Å²) in [4.78, 5) is 44.3. The second kappa shape index (κ2) is 10.3. The molecule has 188 valence electrons. The molecule has 7 nitrogen and oxygen atoms in total. The molecule has 0 aromatic heterocycles. The van der Waals surface area contributed by atoms with Crippen molar-refractivity contribution in [1.29, 1.82) is 0 Å². The van der Waals surface area contributed by atoms with E-state index in [-0.39, 0.29) is 16.6 Å². The summed E-state index contributed by atoms with van der Waals surface area (Å²) in [6, 6.07) is 22.0. The number of rotatable bonds is 5. The van der Waals surface area contributed by atoms with Crippen molar-refractivity contribution >= 4 is 58.0 Å². The first-order chi connectivity index (χ1) is 17.8. The predicted molar refractivity (Wildman–Crippen MR) is 146 cm³/mol. The number of imide groups is 1. The number of hydrogen-bond acceptors (Lipinski definition) is 5. The number of anilines is 3. The standard InChI is InChI=1S/C28H24Cl2N4O3/c1-18-22(29)11-6-12-23(18)34-27(36)24(30)25(28(34)37)31-20-8-5-7-19(17-20)26(35)33-15-13-32(14-16-33)21-9-3-2-4-10-21/h2-12,17,31H,13-16H2,1H3. The molecular formula is C28H24Cl2N4O3. The summed E-state index contributed by atoms with van der Waals surface area (Å²) in [6.07, 6.45) is 0. The highest BCUT2D eigenvalue weighted by Gasteiger charge is 2.39. The van der Waals surface area contributed by atoms with Crippen molar-refractivity contribution in [3.8, 4) is 0 Å². The fourth-order valence-electron chi connectivity index (χ4n) is 4.53. The molecule has 1 saturated heterocycles. The van der Waals surface area contributed by atoms with Crippen LogP contribution in [0.2, 0.25) is 5.02 Å². The molecule has 3 aromatic carbocycles. The fraction of sp³-hybridized carbons (Fsp3) is 0.179. The number of halogens is 2. The third-order valence-electron chi connectivity index (χ3n) is 6.57. The number of benzene rings is 3. The average Bonchev–Trinajstić information content (AvgIpc) is 3.13. The molecule has 2 heterocycles. The number of piperazine rings is 1. The Morgan fingerprint density at radius 2 is 1.54 bits per heavy atom. The molecule has 0 saturated carbocycles. The number of carbonyl (C=O) groups excluding carboxylic acids is 3. The molecule has 1 N–H and O–H groups in total. The molecule has 0 unspecified atom stereocenters. The summed E-state index contributed by atoms with van der Waals surface area (Å²) < 4.78 is 0. The molecule has 5 rings (SSSR count). The van der Waals surface area contributed by atoms with Gasteiger partial charge in [0, 0.05) is 48.1 Å². The van der Waals surface area contributed by atoms with Gasteiger partial charge in [0.25, 0.3) is 17.7 Å². The van der Waals surface area contributed by atoms with Crippen LogP contribution in [0.4, 0.5) is 17.1 Å². The third kappa shape index (κ3) is 4.80. The molecule has 0 atom stereocenters. The Morgan fingerprint density at radius 1 is 0.838 bits per heavy atom. The van der Waals surface area contributed by atoms with E-state index in [1.807, 2.05) is 23.1 Å². The van der Waals surface area contributed by atoms with Crippen molar-refractivity contribution < 1.29 is 14.4 Å². The summed E-state index contributed by atoms with van der Waals surface area (Å²) in [6.45, 7) is 4.41. The lowest BCUT2D eigenvalue weighted by molar-refractivity contribution is -0.120. The van der Waals surface area contributed by atoms with Crippen LogP contribution >= 0.6 is 23.2 Å². The Bertz CT molecular complexity index is 1420. The lowest BCUT2D eigenvalue weighted by Gasteiger charge is -2.36. The first-order valence-corrected chi connectivity index (χ1v) is 12.6. The lowest BCUT2D eigenvalue weighted by Crippen LogP contribution is -2.48. The molecular weight excluding hydrogens is 511 g/mol. The first-order valence-electron chi connectivity index (χ1n) is 11.8. The van der Waals surface area contributed by atoms with Gasteiger partial charge in [0.1, 0.15) is 10.7 Å². The predicted octanol–water partition coefficient (Wildman–Crippen LogP) is 5.05. The second-order valence-corrected chi connectivity index (χ2v) is 9.62. The van der Waals surface area contributed by atoms with E-state index in [9.17, 15) is 14.4 Å². The second-order valence-electron chi connectivity index (χ2n) is 8.84. The number of nitrogens with one attached hydrogen (secondary N) is 1. The van der Waals surface area contributed by atoms with Crippen LogP contribution in [0.5, 0.6) is 0 Å². The van der Waals surface area contributed by atoms with E-state index >= 15 is 0 Å². The molecule has 2 aliphatic rings. The monoisotopic (exact) mass is 534 g/mol. The van der Waals surface area contributed by atoms with E-state index in [1.54, 1.807) is 49.4 Å². The van der Waals surface area contributed by atoms with Crippen LogP contribution in [-0.4, -0.2) is 48.8 Å². The highest BCUT2D eigenvalue weighted by atomic mass is 35.5. The van der Waals surface area contributed by atoms with Gasteiger partial charge in [-0.05, 0) is 55.0 Å². The largest absolute Gasteiger partial charge is 0.368 e. The molecule has 0 bridgehead atoms. The Balaban J connectivity index is 1.29. The number of carbonyl (C=O) groups is 3. The van der Waals surface area contributed by atoms with E-state index in [1.165, 1.54) is 0 Å². The molecule has 0 spiro atoms. The normalized spacial score (nSPS) is 16.0. The number of amides is 3. The molecule has 37 heavy (non-hydrogen) atoms. The highest BCUT2D eigenvalue weighted by molar-refractivity contribution is 6.53. The maximum absolute atomic E-state index is 13.2. The zero-order valence-electron chi connectivity index (χ0n) is 20.1. The van der Waals surface area contributed by atoms with E-state index in [0.717, 1.165) is 23.7 Å². The van der Waals surface area contributed by atoms with Crippen molar-refractivity contribution in [2.24, 2.45) is 0 Å². The van der Waals surface area contributed by atoms with E-state index < -0.39 is 11.8 Å². The molecule has 1 fully saturated rings.